The van der Waals surface area contributed by atoms with Crippen molar-refractivity contribution in [1.82, 2.24) is 5.32 Å². The second-order valence-corrected chi connectivity index (χ2v) is 3.65. The van der Waals surface area contributed by atoms with Crippen LogP contribution in [0.5, 0.6) is 0 Å². The lowest BCUT2D eigenvalue weighted by Gasteiger charge is -2.13. The predicted octanol–water partition coefficient (Wildman–Crippen LogP) is -0.190. The maximum atomic E-state index is 11.5. The summed E-state index contributed by atoms with van der Waals surface area (Å²) in [5.41, 5.74) is 5.37. The quantitative estimate of drug-likeness (QED) is 0.389. The summed E-state index contributed by atoms with van der Waals surface area (Å²) in [6.45, 7) is 1.55. The summed E-state index contributed by atoms with van der Waals surface area (Å²) in [5.74, 6) is -0.256. The van der Waals surface area contributed by atoms with Crippen molar-refractivity contribution in [2.75, 3.05) is 26.8 Å². The van der Waals surface area contributed by atoms with Crippen molar-refractivity contribution < 1.29 is 19.1 Å². The van der Waals surface area contributed by atoms with E-state index in [0.717, 1.165) is 25.7 Å². The van der Waals surface area contributed by atoms with Crippen molar-refractivity contribution >= 4 is 12.4 Å². The Bertz CT molecular complexity index is 212. The molecule has 0 saturated heterocycles. The third-order valence-electron chi connectivity index (χ3n) is 2.32. The zero-order valence-corrected chi connectivity index (χ0v) is 10.3. The van der Waals surface area contributed by atoms with Crippen LogP contribution in [0.3, 0.4) is 0 Å². The standard InChI is InChI=1S/C11H22N2O4/c1-16-10(8-17-9-14)11(15)13-7-5-3-2-4-6-12/h9-10H,2-8,12H2,1H3,(H,13,15). The van der Waals surface area contributed by atoms with Crippen molar-refractivity contribution in [1.29, 1.82) is 0 Å². The summed E-state index contributed by atoms with van der Waals surface area (Å²) in [7, 11) is 1.40. The van der Waals surface area contributed by atoms with Crippen molar-refractivity contribution in [2.24, 2.45) is 5.73 Å². The van der Waals surface area contributed by atoms with E-state index in [-0.39, 0.29) is 12.5 Å². The van der Waals surface area contributed by atoms with E-state index in [9.17, 15) is 9.59 Å². The fourth-order valence-corrected chi connectivity index (χ4v) is 1.33. The summed E-state index contributed by atoms with van der Waals surface area (Å²) < 4.78 is 9.38. The molecule has 0 aliphatic rings. The van der Waals surface area contributed by atoms with Gasteiger partial charge in [0.25, 0.3) is 12.4 Å². The molecule has 100 valence electrons. The Morgan fingerprint density at radius 1 is 1.35 bits per heavy atom. The molecule has 1 atom stereocenters. The molecule has 0 aliphatic heterocycles. The second-order valence-electron chi connectivity index (χ2n) is 3.65. The number of carbonyl (C=O) groups excluding carboxylic acids is 2. The highest BCUT2D eigenvalue weighted by atomic mass is 16.6. The fourth-order valence-electron chi connectivity index (χ4n) is 1.33. The number of carbonyl (C=O) groups is 2. The zero-order chi connectivity index (χ0) is 12.9. The van der Waals surface area contributed by atoms with Gasteiger partial charge in [0.05, 0.1) is 0 Å². The van der Waals surface area contributed by atoms with Crippen LogP contribution in [0.15, 0.2) is 0 Å². The largest absolute Gasteiger partial charge is 0.465 e. The van der Waals surface area contributed by atoms with E-state index < -0.39 is 6.10 Å². The van der Waals surface area contributed by atoms with E-state index in [1.54, 1.807) is 0 Å². The summed E-state index contributed by atoms with van der Waals surface area (Å²) >= 11 is 0. The Labute approximate surface area is 102 Å². The van der Waals surface area contributed by atoms with Crippen LogP contribution in [0.25, 0.3) is 0 Å². The van der Waals surface area contributed by atoms with Gasteiger partial charge in [-0.2, -0.15) is 0 Å². The van der Waals surface area contributed by atoms with Gasteiger partial charge in [0.1, 0.15) is 6.61 Å². The molecule has 1 amide bonds. The van der Waals surface area contributed by atoms with E-state index in [4.69, 9.17) is 10.5 Å². The van der Waals surface area contributed by atoms with Crippen molar-refractivity contribution in [2.45, 2.75) is 31.8 Å². The lowest BCUT2D eigenvalue weighted by molar-refractivity contribution is -0.140. The molecule has 3 N–H and O–H groups in total. The van der Waals surface area contributed by atoms with Gasteiger partial charge in [-0.1, -0.05) is 12.8 Å². The highest BCUT2D eigenvalue weighted by Gasteiger charge is 2.17. The molecule has 0 rings (SSSR count). The number of methoxy groups -OCH3 is 1. The van der Waals surface area contributed by atoms with Gasteiger partial charge in [0, 0.05) is 13.7 Å². The van der Waals surface area contributed by atoms with Gasteiger partial charge in [-0.15, -0.1) is 0 Å². The van der Waals surface area contributed by atoms with Crippen molar-refractivity contribution in [3.05, 3.63) is 0 Å². The van der Waals surface area contributed by atoms with E-state index in [0.29, 0.717) is 19.6 Å². The molecule has 6 heteroatoms. The first-order chi connectivity index (χ1) is 8.26. The molecule has 0 spiro atoms. The molecule has 1 unspecified atom stereocenters. The molecule has 0 radical (unpaired) electrons. The summed E-state index contributed by atoms with van der Waals surface area (Å²) in [6.07, 6.45) is 3.32. The molecule has 0 fully saturated rings. The maximum absolute atomic E-state index is 11.5. The monoisotopic (exact) mass is 246 g/mol. The molecule has 0 aliphatic carbocycles. The van der Waals surface area contributed by atoms with Gasteiger partial charge in [0.2, 0.25) is 0 Å². The van der Waals surface area contributed by atoms with Gasteiger partial charge in [-0.3, -0.25) is 9.59 Å². The number of hydrogen-bond acceptors (Lipinski definition) is 5. The number of nitrogens with two attached hydrogens (primary N) is 1. The number of unbranched alkanes of at least 4 members (excludes halogenated alkanes) is 3. The van der Waals surface area contributed by atoms with Crippen LogP contribution in [0.2, 0.25) is 0 Å². The van der Waals surface area contributed by atoms with Crippen LogP contribution in [-0.2, 0) is 19.1 Å². The maximum Gasteiger partial charge on any atom is 0.293 e. The first-order valence-corrected chi connectivity index (χ1v) is 5.82. The number of rotatable bonds is 11. The van der Waals surface area contributed by atoms with Gasteiger partial charge in [-0.25, -0.2) is 0 Å². The van der Waals surface area contributed by atoms with Gasteiger partial charge >= 0.3 is 0 Å². The molecular weight excluding hydrogens is 224 g/mol. The van der Waals surface area contributed by atoms with Gasteiger partial charge in [0.15, 0.2) is 6.10 Å². The topological polar surface area (TPSA) is 90.6 Å². The lowest BCUT2D eigenvalue weighted by Crippen LogP contribution is -2.39. The number of nitrogens with one attached hydrogen (secondary N) is 1. The third kappa shape index (κ3) is 8.65. The van der Waals surface area contributed by atoms with Crippen LogP contribution >= 0.6 is 0 Å². The Morgan fingerprint density at radius 3 is 2.65 bits per heavy atom. The SMILES string of the molecule is COC(COC=O)C(=O)NCCCCCCN. The van der Waals surface area contributed by atoms with Gasteiger partial charge in [-0.05, 0) is 19.4 Å². The fraction of sp³-hybridized carbons (Fsp3) is 0.818. The average Bonchev–Trinajstić information content (AvgIpc) is 2.34. The molecule has 6 nitrogen and oxygen atoms in total. The first-order valence-electron chi connectivity index (χ1n) is 5.82. The number of amides is 1. The minimum atomic E-state index is -0.732. The Morgan fingerprint density at radius 2 is 2.06 bits per heavy atom. The van der Waals surface area contributed by atoms with Crippen LogP contribution in [0.4, 0.5) is 0 Å². The summed E-state index contributed by atoms with van der Waals surface area (Å²) in [4.78, 5) is 21.5. The Hall–Kier alpha value is -1.14. The average molecular weight is 246 g/mol. The lowest BCUT2D eigenvalue weighted by atomic mass is 10.2. The van der Waals surface area contributed by atoms with E-state index in [2.05, 4.69) is 10.1 Å². The smallest absolute Gasteiger partial charge is 0.293 e. The Balaban J connectivity index is 3.57. The molecule has 0 aromatic carbocycles. The van der Waals surface area contributed by atoms with Crippen LogP contribution < -0.4 is 11.1 Å². The molecule has 0 saturated carbocycles. The molecule has 0 aromatic rings. The van der Waals surface area contributed by atoms with Crippen molar-refractivity contribution in [3.63, 3.8) is 0 Å². The predicted molar refractivity (Wildman–Crippen MR) is 63.3 cm³/mol. The highest BCUT2D eigenvalue weighted by molar-refractivity contribution is 5.80. The number of hydrogen-bond donors (Lipinski definition) is 2. The normalized spacial score (nSPS) is 11.9. The van der Waals surface area contributed by atoms with Gasteiger partial charge < -0.3 is 20.5 Å². The minimum Gasteiger partial charge on any atom is -0.465 e. The van der Waals surface area contributed by atoms with Crippen LogP contribution in [-0.4, -0.2) is 45.3 Å². The van der Waals surface area contributed by atoms with E-state index >= 15 is 0 Å². The molecule has 0 bridgehead atoms. The van der Waals surface area contributed by atoms with Crippen LogP contribution in [0, 0.1) is 0 Å². The molecular formula is C11H22N2O4. The Kier molecular flexibility index (Phi) is 10.6. The molecule has 0 heterocycles. The number of ether oxygens (including phenoxy) is 2. The van der Waals surface area contributed by atoms with E-state index in [1.165, 1.54) is 7.11 Å². The third-order valence-corrected chi connectivity index (χ3v) is 2.32. The zero-order valence-electron chi connectivity index (χ0n) is 10.3. The van der Waals surface area contributed by atoms with E-state index in [1.807, 2.05) is 0 Å². The van der Waals surface area contributed by atoms with Crippen molar-refractivity contribution in [3.8, 4) is 0 Å². The summed E-state index contributed by atoms with van der Waals surface area (Å²) in [6, 6.07) is 0. The molecule has 0 aromatic heterocycles. The minimum absolute atomic E-state index is 0.0565. The van der Waals surface area contributed by atoms with Crippen LogP contribution in [0.1, 0.15) is 25.7 Å². The second kappa shape index (κ2) is 11.3. The molecule has 17 heavy (non-hydrogen) atoms. The summed E-state index contributed by atoms with van der Waals surface area (Å²) in [5, 5.41) is 2.73. The first kappa shape index (κ1) is 15.9. The highest BCUT2D eigenvalue weighted by Crippen LogP contribution is 1.98.